The lowest BCUT2D eigenvalue weighted by atomic mass is 9.99. The Balaban J connectivity index is 2.37. The minimum atomic E-state index is 0.214. The number of aliphatic imine (C=N–C) groups is 1. The van der Waals surface area contributed by atoms with Crippen molar-refractivity contribution < 1.29 is 0 Å². The fraction of sp³-hybridized carbons (Fsp3) is 0.200. The number of hydrogen-bond acceptors (Lipinski definition) is 2. The third kappa shape index (κ3) is 0.998. The summed E-state index contributed by atoms with van der Waals surface area (Å²) in [6.45, 7) is 0. The molecule has 0 spiro atoms. The highest BCUT2D eigenvalue weighted by Crippen LogP contribution is 2.32. The Kier molecular flexibility index (Phi) is 1.64. The first-order valence-corrected chi connectivity index (χ1v) is 3.92. The first kappa shape index (κ1) is 7.05. The second kappa shape index (κ2) is 2.78. The van der Waals surface area contributed by atoms with E-state index in [1.807, 2.05) is 30.5 Å². The van der Waals surface area contributed by atoms with Gasteiger partial charge in [-0.1, -0.05) is 18.2 Å². The van der Waals surface area contributed by atoms with Crippen LogP contribution in [0, 0.1) is 11.3 Å². The molecule has 0 amide bonds. The van der Waals surface area contributed by atoms with Crippen molar-refractivity contribution >= 4 is 11.9 Å². The van der Waals surface area contributed by atoms with E-state index in [0.29, 0.717) is 6.42 Å². The molecule has 0 aliphatic carbocycles. The monoisotopic (exact) mass is 156 g/mol. The molecule has 1 aromatic rings. The molecule has 2 nitrogen and oxygen atoms in total. The molecule has 2 heteroatoms. The molecular weight excluding hydrogens is 148 g/mol. The summed E-state index contributed by atoms with van der Waals surface area (Å²) in [6, 6.07) is 10.1. The highest BCUT2D eigenvalue weighted by molar-refractivity contribution is 5.80. The zero-order valence-corrected chi connectivity index (χ0v) is 6.57. The molecule has 0 N–H and O–H groups in total. The van der Waals surface area contributed by atoms with Crippen molar-refractivity contribution in [2.24, 2.45) is 4.99 Å². The predicted molar refractivity (Wildman–Crippen MR) is 47.6 cm³/mol. The summed E-state index contributed by atoms with van der Waals surface area (Å²) in [5.74, 6) is 0.214. The molecule has 1 unspecified atom stereocenters. The molecule has 0 bridgehead atoms. The van der Waals surface area contributed by atoms with E-state index >= 15 is 0 Å². The Morgan fingerprint density at radius 3 is 3.08 bits per heavy atom. The minimum Gasteiger partial charge on any atom is -0.260 e. The van der Waals surface area contributed by atoms with Gasteiger partial charge in [0.1, 0.15) is 0 Å². The number of nitrogens with zero attached hydrogens (tertiary/aromatic N) is 2. The van der Waals surface area contributed by atoms with Gasteiger partial charge >= 0.3 is 0 Å². The predicted octanol–water partition coefficient (Wildman–Crippen LogP) is 2.40. The smallest absolute Gasteiger partial charge is 0.0664 e. The van der Waals surface area contributed by atoms with Crippen LogP contribution in [0.5, 0.6) is 0 Å². The molecule has 0 saturated heterocycles. The van der Waals surface area contributed by atoms with Crippen LogP contribution in [0.25, 0.3) is 0 Å². The fourth-order valence-corrected chi connectivity index (χ4v) is 1.43. The molecule has 0 fully saturated rings. The maximum Gasteiger partial charge on any atom is 0.0664 e. The van der Waals surface area contributed by atoms with E-state index in [2.05, 4.69) is 11.1 Å². The first-order chi connectivity index (χ1) is 5.92. The lowest BCUT2D eigenvalue weighted by Gasteiger charge is -2.02. The lowest BCUT2D eigenvalue weighted by Crippen LogP contribution is -1.93. The number of fused-ring (bicyclic) bond motifs is 1. The molecule has 58 valence electrons. The van der Waals surface area contributed by atoms with Crippen LogP contribution in [0.4, 0.5) is 5.69 Å². The molecule has 1 heterocycles. The topological polar surface area (TPSA) is 36.1 Å². The van der Waals surface area contributed by atoms with Crippen LogP contribution >= 0.6 is 0 Å². The summed E-state index contributed by atoms with van der Waals surface area (Å²) in [6.07, 6.45) is 2.38. The van der Waals surface area contributed by atoms with E-state index in [9.17, 15) is 0 Å². The number of para-hydroxylation sites is 1. The molecule has 0 aromatic heterocycles. The first-order valence-electron chi connectivity index (χ1n) is 3.92. The third-order valence-corrected chi connectivity index (χ3v) is 2.04. The Morgan fingerprint density at radius 2 is 2.25 bits per heavy atom. The molecule has 1 aliphatic heterocycles. The average molecular weight is 156 g/mol. The Hall–Kier alpha value is -1.62. The van der Waals surface area contributed by atoms with E-state index in [-0.39, 0.29) is 5.92 Å². The van der Waals surface area contributed by atoms with Crippen LogP contribution in [0.15, 0.2) is 29.3 Å². The normalized spacial score (nSPS) is 18.8. The second-order valence-corrected chi connectivity index (χ2v) is 2.81. The third-order valence-electron chi connectivity index (χ3n) is 2.04. The van der Waals surface area contributed by atoms with Gasteiger partial charge in [0.2, 0.25) is 0 Å². The standard InChI is InChI=1S/C10H8N2/c11-6-5-8-7-12-10-4-2-1-3-9(8)10/h1-4,7-8H,5H2. The highest BCUT2D eigenvalue weighted by atomic mass is 14.8. The highest BCUT2D eigenvalue weighted by Gasteiger charge is 2.16. The van der Waals surface area contributed by atoms with Gasteiger partial charge in [-0.05, 0) is 11.6 Å². The summed E-state index contributed by atoms with van der Waals surface area (Å²) >= 11 is 0. The lowest BCUT2D eigenvalue weighted by molar-refractivity contribution is 0.958. The van der Waals surface area contributed by atoms with Crippen LogP contribution in [0.3, 0.4) is 0 Å². The van der Waals surface area contributed by atoms with Crippen LogP contribution in [0.2, 0.25) is 0 Å². The molecule has 1 atom stereocenters. The largest absolute Gasteiger partial charge is 0.260 e. The van der Waals surface area contributed by atoms with Crippen LogP contribution < -0.4 is 0 Å². The number of hydrogen-bond donors (Lipinski definition) is 0. The quantitative estimate of drug-likeness (QED) is 0.615. The Labute approximate surface area is 71.2 Å². The zero-order chi connectivity index (χ0) is 8.39. The van der Waals surface area contributed by atoms with Crippen molar-refractivity contribution in [3.63, 3.8) is 0 Å². The Morgan fingerprint density at radius 1 is 1.42 bits per heavy atom. The van der Waals surface area contributed by atoms with E-state index in [0.717, 1.165) is 5.69 Å². The summed E-state index contributed by atoms with van der Waals surface area (Å²) in [4.78, 5) is 4.22. The van der Waals surface area contributed by atoms with Crippen molar-refractivity contribution in [3.05, 3.63) is 29.8 Å². The van der Waals surface area contributed by atoms with Crippen molar-refractivity contribution in [3.8, 4) is 6.07 Å². The van der Waals surface area contributed by atoms with E-state index < -0.39 is 0 Å². The fourth-order valence-electron chi connectivity index (χ4n) is 1.43. The summed E-state index contributed by atoms with van der Waals surface area (Å²) < 4.78 is 0. The van der Waals surface area contributed by atoms with Gasteiger partial charge < -0.3 is 0 Å². The van der Waals surface area contributed by atoms with E-state index in [4.69, 9.17) is 5.26 Å². The van der Waals surface area contributed by atoms with Gasteiger partial charge in [-0.15, -0.1) is 0 Å². The number of nitriles is 1. The van der Waals surface area contributed by atoms with Gasteiger partial charge in [0, 0.05) is 18.6 Å². The van der Waals surface area contributed by atoms with Crippen LogP contribution in [-0.4, -0.2) is 6.21 Å². The summed E-state index contributed by atoms with van der Waals surface area (Å²) in [7, 11) is 0. The number of benzene rings is 1. The Bertz CT molecular complexity index is 360. The SMILES string of the molecule is N#CCC1C=Nc2ccccc21. The molecule has 2 rings (SSSR count). The molecule has 1 aliphatic rings. The molecule has 0 radical (unpaired) electrons. The summed E-state index contributed by atoms with van der Waals surface area (Å²) in [5, 5.41) is 8.54. The number of rotatable bonds is 1. The summed E-state index contributed by atoms with van der Waals surface area (Å²) in [5.41, 5.74) is 2.19. The van der Waals surface area contributed by atoms with E-state index in [1.165, 1.54) is 5.56 Å². The van der Waals surface area contributed by atoms with Crippen LogP contribution in [0.1, 0.15) is 17.9 Å². The van der Waals surface area contributed by atoms with Gasteiger partial charge in [0.25, 0.3) is 0 Å². The van der Waals surface area contributed by atoms with Gasteiger partial charge in [-0.25, -0.2) is 0 Å². The van der Waals surface area contributed by atoms with Crippen molar-refractivity contribution in [2.45, 2.75) is 12.3 Å². The molecule has 0 saturated carbocycles. The van der Waals surface area contributed by atoms with Gasteiger partial charge in [-0.3, -0.25) is 4.99 Å². The minimum absolute atomic E-state index is 0.214. The van der Waals surface area contributed by atoms with Crippen LogP contribution in [-0.2, 0) is 0 Å². The van der Waals surface area contributed by atoms with Gasteiger partial charge in [0.05, 0.1) is 11.8 Å². The zero-order valence-electron chi connectivity index (χ0n) is 6.57. The van der Waals surface area contributed by atoms with Crippen molar-refractivity contribution in [1.82, 2.24) is 0 Å². The second-order valence-electron chi connectivity index (χ2n) is 2.81. The van der Waals surface area contributed by atoms with Gasteiger partial charge in [0.15, 0.2) is 0 Å². The maximum absolute atomic E-state index is 8.54. The average Bonchev–Trinajstić information content (AvgIpc) is 2.50. The molecular formula is C10H8N2. The van der Waals surface area contributed by atoms with E-state index in [1.54, 1.807) is 0 Å². The van der Waals surface area contributed by atoms with Crippen molar-refractivity contribution in [1.29, 1.82) is 5.26 Å². The van der Waals surface area contributed by atoms with Gasteiger partial charge in [-0.2, -0.15) is 5.26 Å². The maximum atomic E-state index is 8.54. The molecule has 12 heavy (non-hydrogen) atoms. The van der Waals surface area contributed by atoms with Crippen molar-refractivity contribution in [2.75, 3.05) is 0 Å². The molecule has 1 aromatic carbocycles.